The molecule has 0 atom stereocenters. The molecule has 5 heteroatoms. The average molecular weight is 310 g/mol. The summed E-state index contributed by atoms with van der Waals surface area (Å²) in [6.07, 6.45) is 4.19. The van der Waals surface area contributed by atoms with Crippen molar-refractivity contribution in [3.63, 3.8) is 0 Å². The summed E-state index contributed by atoms with van der Waals surface area (Å²) < 4.78 is 27.7. The Bertz CT molecular complexity index is 563. The Balaban J connectivity index is 2.35. The van der Waals surface area contributed by atoms with E-state index >= 15 is 0 Å². The zero-order valence-corrected chi connectivity index (χ0v) is 13.8. The molecule has 1 aromatic carbocycles. The normalized spacial score (nSPS) is 17.0. The van der Waals surface area contributed by atoms with E-state index in [1.165, 1.54) is 0 Å². The average Bonchev–Trinajstić information content (AvgIpc) is 2.98. The van der Waals surface area contributed by atoms with Gasteiger partial charge in [-0.2, -0.15) is 4.31 Å². The largest absolute Gasteiger partial charge is 0.326 e. The van der Waals surface area contributed by atoms with Crippen LogP contribution in [0.3, 0.4) is 0 Å². The van der Waals surface area contributed by atoms with Crippen LogP contribution in [-0.2, 0) is 16.6 Å². The van der Waals surface area contributed by atoms with Gasteiger partial charge in [-0.25, -0.2) is 8.42 Å². The molecule has 0 amide bonds. The molecule has 0 aromatic heterocycles. The van der Waals surface area contributed by atoms with Gasteiger partial charge in [0.25, 0.3) is 0 Å². The summed E-state index contributed by atoms with van der Waals surface area (Å²) in [5, 5.41) is 0. The molecule has 0 unspecified atom stereocenters. The van der Waals surface area contributed by atoms with Crippen molar-refractivity contribution in [3.05, 3.63) is 29.8 Å². The number of nitrogens with two attached hydrogens (primary N) is 1. The third-order valence-electron chi connectivity index (χ3n) is 4.02. The molecular formula is C16H26N2O2S. The number of sulfonamides is 1. The summed E-state index contributed by atoms with van der Waals surface area (Å²) in [5.41, 5.74) is 6.49. The van der Waals surface area contributed by atoms with Crippen LogP contribution in [-0.4, -0.2) is 25.3 Å². The van der Waals surface area contributed by atoms with E-state index in [9.17, 15) is 8.42 Å². The third kappa shape index (κ3) is 3.84. The Morgan fingerprint density at radius 3 is 2.52 bits per heavy atom. The lowest BCUT2D eigenvalue weighted by Gasteiger charge is -2.29. The first kappa shape index (κ1) is 16.5. The molecule has 2 N–H and O–H groups in total. The second kappa shape index (κ2) is 6.90. The minimum absolute atomic E-state index is 0.152. The highest BCUT2D eigenvalue weighted by Crippen LogP contribution is 2.29. The van der Waals surface area contributed by atoms with E-state index in [4.69, 9.17) is 5.73 Å². The monoisotopic (exact) mass is 310 g/mol. The SMILES string of the molecule is CC(C)CN(C1CCCC1)S(=O)(=O)c1cccc(CN)c1. The number of rotatable bonds is 6. The van der Waals surface area contributed by atoms with Crippen molar-refractivity contribution < 1.29 is 8.42 Å². The van der Waals surface area contributed by atoms with Crippen LogP contribution in [0.2, 0.25) is 0 Å². The quantitative estimate of drug-likeness (QED) is 0.878. The number of hydrogen-bond donors (Lipinski definition) is 1. The van der Waals surface area contributed by atoms with Gasteiger partial charge in [0.15, 0.2) is 0 Å². The molecule has 1 aliphatic rings. The predicted octanol–water partition coefficient (Wildman–Crippen LogP) is 2.73. The van der Waals surface area contributed by atoms with Crippen LogP contribution < -0.4 is 5.73 Å². The van der Waals surface area contributed by atoms with Crippen LogP contribution in [0.15, 0.2) is 29.2 Å². The Morgan fingerprint density at radius 2 is 1.95 bits per heavy atom. The molecule has 0 radical (unpaired) electrons. The summed E-state index contributed by atoms with van der Waals surface area (Å²) >= 11 is 0. The van der Waals surface area contributed by atoms with Crippen molar-refractivity contribution in [2.24, 2.45) is 11.7 Å². The van der Waals surface area contributed by atoms with Crippen molar-refractivity contribution in [1.82, 2.24) is 4.31 Å². The smallest absolute Gasteiger partial charge is 0.243 e. The van der Waals surface area contributed by atoms with E-state index in [1.807, 2.05) is 6.07 Å². The fourth-order valence-corrected chi connectivity index (χ4v) is 4.88. The van der Waals surface area contributed by atoms with Crippen molar-refractivity contribution >= 4 is 10.0 Å². The topological polar surface area (TPSA) is 63.4 Å². The van der Waals surface area contributed by atoms with E-state index in [1.54, 1.807) is 22.5 Å². The van der Waals surface area contributed by atoms with Gasteiger partial charge in [0.05, 0.1) is 4.90 Å². The summed E-state index contributed by atoms with van der Waals surface area (Å²) in [7, 11) is -3.43. The Hall–Kier alpha value is -0.910. The predicted molar refractivity (Wildman–Crippen MR) is 85.3 cm³/mol. The lowest BCUT2D eigenvalue weighted by molar-refractivity contribution is 0.292. The summed E-state index contributed by atoms with van der Waals surface area (Å²) in [6.45, 7) is 5.07. The second-order valence-corrected chi connectivity index (χ2v) is 8.15. The van der Waals surface area contributed by atoms with E-state index in [2.05, 4.69) is 13.8 Å². The van der Waals surface area contributed by atoms with Gasteiger partial charge in [-0.15, -0.1) is 0 Å². The lowest BCUT2D eigenvalue weighted by Crippen LogP contribution is -2.41. The van der Waals surface area contributed by atoms with Crippen molar-refractivity contribution in [2.75, 3.05) is 6.54 Å². The van der Waals surface area contributed by atoms with Crippen molar-refractivity contribution in [3.8, 4) is 0 Å². The summed E-state index contributed by atoms with van der Waals surface area (Å²) in [4.78, 5) is 0.373. The maximum Gasteiger partial charge on any atom is 0.243 e. The Kier molecular flexibility index (Phi) is 5.41. The van der Waals surface area contributed by atoms with Crippen molar-refractivity contribution in [1.29, 1.82) is 0 Å². The van der Waals surface area contributed by atoms with Gasteiger partial charge in [-0.1, -0.05) is 38.8 Å². The first-order chi connectivity index (χ1) is 9.95. The highest BCUT2D eigenvalue weighted by atomic mass is 32.2. The Labute approximate surface area is 128 Å². The van der Waals surface area contributed by atoms with Crippen molar-refractivity contribution in [2.45, 2.75) is 57.0 Å². The molecule has 0 bridgehead atoms. The fraction of sp³-hybridized carbons (Fsp3) is 0.625. The van der Waals surface area contributed by atoms with Gasteiger partial charge in [0, 0.05) is 19.1 Å². The molecule has 0 spiro atoms. The molecular weight excluding hydrogens is 284 g/mol. The molecule has 4 nitrogen and oxygen atoms in total. The number of benzene rings is 1. The van der Waals surface area contributed by atoms with E-state index < -0.39 is 10.0 Å². The first-order valence-electron chi connectivity index (χ1n) is 7.76. The molecule has 118 valence electrons. The third-order valence-corrected chi connectivity index (χ3v) is 5.93. The molecule has 2 rings (SSSR count). The number of hydrogen-bond acceptors (Lipinski definition) is 3. The molecule has 21 heavy (non-hydrogen) atoms. The zero-order chi connectivity index (χ0) is 15.5. The van der Waals surface area contributed by atoms with Crippen LogP contribution in [0.4, 0.5) is 0 Å². The standard InChI is InChI=1S/C16H26N2O2S/c1-13(2)12-18(15-7-3-4-8-15)21(19,20)16-9-5-6-14(10-16)11-17/h5-6,9-10,13,15H,3-4,7-8,11-12,17H2,1-2H3. The van der Waals surface area contributed by atoms with E-state index in [-0.39, 0.29) is 6.04 Å². The highest BCUT2D eigenvalue weighted by Gasteiger charge is 2.33. The lowest BCUT2D eigenvalue weighted by atomic mass is 10.2. The van der Waals surface area contributed by atoms with Gasteiger partial charge in [0.2, 0.25) is 10.0 Å². The van der Waals surface area contributed by atoms with Crippen LogP contribution in [0.25, 0.3) is 0 Å². The minimum Gasteiger partial charge on any atom is -0.326 e. The van der Waals surface area contributed by atoms with Crippen LogP contribution >= 0.6 is 0 Å². The first-order valence-corrected chi connectivity index (χ1v) is 9.20. The molecule has 0 aliphatic heterocycles. The van der Waals surface area contributed by atoms with Gasteiger partial charge in [-0.3, -0.25) is 0 Å². The van der Waals surface area contributed by atoms with Gasteiger partial charge in [-0.05, 0) is 36.5 Å². The molecule has 1 aliphatic carbocycles. The van der Waals surface area contributed by atoms with E-state index in [0.717, 1.165) is 31.2 Å². The molecule has 0 heterocycles. The maximum absolute atomic E-state index is 13.0. The zero-order valence-electron chi connectivity index (χ0n) is 13.0. The highest BCUT2D eigenvalue weighted by molar-refractivity contribution is 7.89. The molecule has 1 saturated carbocycles. The van der Waals surface area contributed by atoms with E-state index in [0.29, 0.717) is 23.9 Å². The second-order valence-electron chi connectivity index (χ2n) is 6.26. The van der Waals surface area contributed by atoms with Gasteiger partial charge < -0.3 is 5.73 Å². The summed E-state index contributed by atoms with van der Waals surface area (Å²) in [5.74, 6) is 0.318. The fourth-order valence-electron chi connectivity index (χ4n) is 2.96. The van der Waals surface area contributed by atoms with Crippen LogP contribution in [0.1, 0.15) is 45.1 Å². The van der Waals surface area contributed by atoms with Gasteiger partial charge >= 0.3 is 0 Å². The van der Waals surface area contributed by atoms with Gasteiger partial charge in [0.1, 0.15) is 0 Å². The summed E-state index contributed by atoms with van der Waals surface area (Å²) in [6, 6.07) is 7.17. The molecule has 1 aromatic rings. The van der Waals surface area contributed by atoms with Crippen LogP contribution in [0, 0.1) is 5.92 Å². The number of nitrogens with zero attached hydrogens (tertiary/aromatic N) is 1. The minimum atomic E-state index is -3.43. The maximum atomic E-state index is 13.0. The molecule has 1 fully saturated rings. The van der Waals surface area contributed by atoms with Crippen LogP contribution in [0.5, 0.6) is 0 Å². The molecule has 0 saturated heterocycles. The Morgan fingerprint density at radius 1 is 1.29 bits per heavy atom.